The van der Waals surface area contributed by atoms with Crippen molar-refractivity contribution < 1.29 is 19.3 Å². The van der Waals surface area contributed by atoms with Gasteiger partial charge >= 0.3 is 5.91 Å². The van der Waals surface area contributed by atoms with Crippen LogP contribution in [0.4, 0.5) is 0 Å². The van der Waals surface area contributed by atoms with Gasteiger partial charge in [-0.3, -0.25) is 14.5 Å². The number of aromatic nitrogens is 3. The summed E-state index contributed by atoms with van der Waals surface area (Å²) in [4.78, 5) is 28.4. The highest BCUT2D eigenvalue weighted by Crippen LogP contribution is 2.38. The third-order valence-corrected chi connectivity index (χ3v) is 5.95. The minimum absolute atomic E-state index is 0.0930. The van der Waals surface area contributed by atoms with Gasteiger partial charge in [0.2, 0.25) is 0 Å². The summed E-state index contributed by atoms with van der Waals surface area (Å²) in [5.41, 5.74) is 3.28. The monoisotopic (exact) mass is 478 g/mol. The molecule has 34 heavy (non-hydrogen) atoms. The molecule has 0 N–H and O–H groups in total. The van der Waals surface area contributed by atoms with Gasteiger partial charge in [-0.15, -0.1) is 0 Å². The van der Waals surface area contributed by atoms with Crippen molar-refractivity contribution >= 4 is 34.7 Å². The fourth-order valence-corrected chi connectivity index (χ4v) is 4.58. The number of hydrogen-bond donors (Lipinski definition) is 0. The first-order valence-electron chi connectivity index (χ1n) is 11.3. The van der Waals surface area contributed by atoms with Crippen LogP contribution < -0.4 is 9.67 Å². The van der Waals surface area contributed by atoms with Crippen LogP contribution in [0, 0.1) is 13.8 Å². The molecular weight excluding hydrogens is 452 g/mol. The Bertz CT molecular complexity index is 1320. The molecule has 0 bridgehead atoms. The minimum Gasteiger partial charge on any atom is -0.858 e. The molecule has 3 aromatic rings. The van der Waals surface area contributed by atoms with E-state index >= 15 is 0 Å². The van der Waals surface area contributed by atoms with Gasteiger partial charge in [-0.25, -0.2) is 4.68 Å². The lowest BCUT2D eigenvalue weighted by molar-refractivity contribution is -0.577. The Hall–Kier alpha value is -3.45. The number of halogens is 1. The number of imide groups is 1. The van der Waals surface area contributed by atoms with Crippen LogP contribution >= 0.6 is 11.6 Å². The fourth-order valence-electron chi connectivity index (χ4n) is 4.40. The number of amides is 2. The summed E-state index contributed by atoms with van der Waals surface area (Å²) in [7, 11) is 0. The number of nitrogens with zero attached hydrogens (tertiary/aromatic N) is 4. The number of pyridine rings is 1. The molecule has 0 fully saturated rings. The third-order valence-electron chi connectivity index (χ3n) is 5.71. The molecule has 1 aliphatic rings. The molecule has 2 amide bonds. The molecular formula is C26H27ClN4O3. The van der Waals surface area contributed by atoms with E-state index in [0.29, 0.717) is 29.2 Å². The Morgan fingerprint density at radius 1 is 1.09 bits per heavy atom. The minimum atomic E-state index is -0.484. The summed E-state index contributed by atoms with van der Waals surface area (Å²) in [6.45, 7) is 9.38. The second kappa shape index (κ2) is 9.06. The van der Waals surface area contributed by atoms with Gasteiger partial charge in [-0.1, -0.05) is 31.0 Å². The molecule has 2 aromatic heterocycles. The first kappa shape index (κ1) is 23.7. The molecule has 0 radical (unpaired) electrons. The highest BCUT2D eigenvalue weighted by molar-refractivity contribution is 6.45. The molecule has 8 heteroatoms. The maximum atomic E-state index is 13.7. The predicted octanol–water partition coefficient (Wildman–Crippen LogP) is 3.60. The Morgan fingerprint density at radius 2 is 1.76 bits per heavy atom. The maximum absolute atomic E-state index is 13.7. The van der Waals surface area contributed by atoms with E-state index in [0.717, 1.165) is 11.1 Å². The van der Waals surface area contributed by atoms with E-state index in [1.165, 1.54) is 9.58 Å². The maximum Gasteiger partial charge on any atom is 0.327 e. The zero-order valence-electron chi connectivity index (χ0n) is 19.9. The van der Waals surface area contributed by atoms with Gasteiger partial charge in [0, 0.05) is 27.8 Å². The number of hydrogen-bond acceptors (Lipinski definition) is 4. The fraction of sp³-hybridized carbons (Fsp3) is 0.308. The average Bonchev–Trinajstić information content (AvgIpc) is 3.20. The molecule has 0 aliphatic carbocycles. The van der Waals surface area contributed by atoms with Crippen molar-refractivity contribution in [2.24, 2.45) is 0 Å². The number of benzene rings is 1. The zero-order chi connectivity index (χ0) is 24.7. The summed E-state index contributed by atoms with van der Waals surface area (Å²) in [5, 5.41) is 18.8. The quantitative estimate of drug-likeness (QED) is 0.400. The summed E-state index contributed by atoms with van der Waals surface area (Å²) in [6.07, 6.45) is 4.79. The van der Waals surface area contributed by atoms with E-state index in [4.69, 9.17) is 11.6 Å². The Balaban J connectivity index is 2.05. The van der Waals surface area contributed by atoms with E-state index < -0.39 is 17.7 Å². The van der Waals surface area contributed by atoms with Gasteiger partial charge in [-0.05, 0) is 64.3 Å². The molecule has 0 atom stereocenters. The Labute approximate surface area is 203 Å². The topological polar surface area (TPSA) is 82.1 Å². The largest absolute Gasteiger partial charge is 0.858 e. The number of carbonyl (C=O) groups is 2. The Kier molecular flexibility index (Phi) is 6.32. The molecule has 176 valence electrons. The number of rotatable bonds is 6. The molecule has 4 rings (SSSR count). The molecule has 0 saturated carbocycles. The first-order valence-corrected chi connectivity index (χ1v) is 11.7. The highest BCUT2D eigenvalue weighted by atomic mass is 35.5. The van der Waals surface area contributed by atoms with Crippen molar-refractivity contribution in [2.75, 3.05) is 0 Å². The number of carbonyl (C=O) groups excluding carboxylic acids is 2. The molecule has 0 unspecified atom stereocenters. The van der Waals surface area contributed by atoms with Gasteiger partial charge in [0.15, 0.2) is 12.4 Å². The van der Waals surface area contributed by atoms with Crippen LogP contribution in [0.5, 0.6) is 5.88 Å². The molecule has 1 aromatic carbocycles. The van der Waals surface area contributed by atoms with Crippen LogP contribution in [0.15, 0.2) is 42.7 Å². The second-order valence-corrected chi connectivity index (χ2v) is 9.30. The van der Waals surface area contributed by atoms with Crippen LogP contribution in [0.1, 0.15) is 49.6 Å². The van der Waals surface area contributed by atoms with Crippen molar-refractivity contribution in [3.63, 3.8) is 0 Å². The van der Waals surface area contributed by atoms with E-state index in [1.807, 2.05) is 26.8 Å². The zero-order valence-corrected chi connectivity index (χ0v) is 20.7. The molecule has 0 spiro atoms. The summed E-state index contributed by atoms with van der Waals surface area (Å²) in [6, 6.07) is 8.44. The van der Waals surface area contributed by atoms with E-state index in [9.17, 15) is 14.7 Å². The highest BCUT2D eigenvalue weighted by Gasteiger charge is 2.47. The third kappa shape index (κ3) is 4.01. The molecule has 7 nitrogen and oxygen atoms in total. The normalized spacial score (nSPS) is 14.1. The van der Waals surface area contributed by atoms with E-state index in [1.54, 1.807) is 55.1 Å². The SMILES string of the molecule is CCCc1nn(-c2cccc(Cl)c2)c([O-])c1C1=C([n+]2cc(C)cc(C)c2)C(=O)N(C(C)C)C1=O. The second-order valence-electron chi connectivity index (χ2n) is 8.86. The van der Waals surface area contributed by atoms with Crippen molar-refractivity contribution in [1.29, 1.82) is 0 Å². The van der Waals surface area contributed by atoms with Gasteiger partial charge < -0.3 is 5.11 Å². The summed E-state index contributed by atoms with van der Waals surface area (Å²) < 4.78 is 2.92. The van der Waals surface area contributed by atoms with Crippen molar-refractivity contribution in [1.82, 2.24) is 14.7 Å². The average molecular weight is 479 g/mol. The molecule has 0 saturated heterocycles. The lowest BCUT2D eigenvalue weighted by Crippen LogP contribution is -2.42. The lowest BCUT2D eigenvalue weighted by Gasteiger charge is -2.18. The van der Waals surface area contributed by atoms with Crippen LogP contribution in [-0.4, -0.2) is 32.5 Å². The van der Waals surface area contributed by atoms with Gasteiger partial charge in [0.25, 0.3) is 11.6 Å². The Morgan fingerprint density at radius 3 is 2.35 bits per heavy atom. The van der Waals surface area contributed by atoms with Gasteiger partial charge in [-0.2, -0.15) is 9.67 Å². The lowest BCUT2D eigenvalue weighted by atomic mass is 10.0. The summed E-state index contributed by atoms with van der Waals surface area (Å²) >= 11 is 6.15. The van der Waals surface area contributed by atoms with E-state index in [2.05, 4.69) is 5.10 Å². The van der Waals surface area contributed by atoms with Crippen LogP contribution in [-0.2, 0) is 16.0 Å². The van der Waals surface area contributed by atoms with Crippen molar-refractivity contribution in [2.45, 2.75) is 53.5 Å². The molecule has 3 heterocycles. The van der Waals surface area contributed by atoms with Gasteiger partial charge in [0.05, 0.1) is 11.4 Å². The number of aryl methyl sites for hydroxylation is 3. The van der Waals surface area contributed by atoms with Crippen molar-refractivity contribution in [3.05, 3.63) is 70.1 Å². The van der Waals surface area contributed by atoms with Crippen LogP contribution in [0.3, 0.4) is 0 Å². The molecule has 1 aliphatic heterocycles. The van der Waals surface area contributed by atoms with Crippen molar-refractivity contribution in [3.8, 4) is 11.6 Å². The van der Waals surface area contributed by atoms with Crippen LogP contribution in [0.2, 0.25) is 5.02 Å². The van der Waals surface area contributed by atoms with Crippen LogP contribution in [0.25, 0.3) is 17.0 Å². The summed E-state index contributed by atoms with van der Waals surface area (Å²) in [5.74, 6) is -1.36. The predicted molar refractivity (Wildman–Crippen MR) is 128 cm³/mol. The first-order chi connectivity index (χ1) is 16.1. The standard InChI is InChI=1S/C26H27ClN4O3/c1-6-8-20-21(25(33)31(28-20)19-10-7-9-18(27)12-19)22-23(26(34)30(15(2)3)24(22)32)29-13-16(4)11-17(5)14-29/h7,9-15H,6,8H2,1-5H3. The van der Waals surface area contributed by atoms with E-state index in [-0.39, 0.29) is 22.9 Å². The smallest absolute Gasteiger partial charge is 0.327 e. The van der Waals surface area contributed by atoms with Gasteiger partial charge in [0.1, 0.15) is 5.57 Å².